The smallest absolute Gasteiger partial charge is 0.251 e. The van der Waals surface area contributed by atoms with Gasteiger partial charge in [-0.2, -0.15) is 0 Å². The van der Waals surface area contributed by atoms with Crippen molar-refractivity contribution in [2.24, 2.45) is 0 Å². The van der Waals surface area contributed by atoms with E-state index in [2.05, 4.69) is 17.6 Å². The molecule has 0 saturated heterocycles. The Bertz CT molecular complexity index is 182. The molecule has 94 valence electrons. The second kappa shape index (κ2) is 16.3. The second-order valence-electron chi connectivity index (χ2n) is 3.40. The summed E-state index contributed by atoms with van der Waals surface area (Å²) >= 11 is 0. The van der Waals surface area contributed by atoms with E-state index in [-0.39, 0.29) is 6.61 Å². The molecule has 0 rings (SSSR count). The molecule has 0 atom stereocenters. The van der Waals surface area contributed by atoms with Gasteiger partial charge in [0.1, 0.15) is 0 Å². The van der Waals surface area contributed by atoms with Gasteiger partial charge in [-0.05, 0) is 13.3 Å². The van der Waals surface area contributed by atoms with Gasteiger partial charge in [-0.15, -0.1) is 12.3 Å². The number of ether oxygens (including phenoxy) is 1. The Morgan fingerprint density at radius 1 is 1.19 bits per heavy atom. The molecule has 0 aromatic heterocycles. The van der Waals surface area contributed by atoms with Crippen molar-refractivity contribution in [1.29, 1.82) is 0 Å². The molecule has 0 amide bonds. The van der Waals surface area contributed by atoms with E-state index < -0.39 is 6.16 Å². The average molecular weight is 227 g/mol. The highest BCUT2D eigenvalue weighted by Crippen LogP contribution is 2.05. The average Bonchev–Trinajstić information content (AvgIpc) is 2.24. The maximum absolute atomic E-state index is 9.27. The Balaban J connectivity index is 0. The number of rotatable bonds is 7. The third-order valence-electron chi connectivity index (χ3n) is 1.94. The Hall–Kier alpha value is -1.17. The summed E-state index contributed by atoms with van der Waals surface area (Å²) in [5.74, 6) is 2.66. The van der Waals surface area contributed by atoms with E-state index in [1.54, 1.807) is 6.92 Å². The third-order valence-corrected chi connectivity index (χ3v) is 1.94. The predicted octanol–water partition coefficient (Wildman–Crippen LogP) is 2.74. The van der Waals surface area contributed by atoms with Gasteiger partial charge in [0, 0.05) is 13.0 Å². The molecule has 0 fully saturated rings. The molecule has 0 heterocycles. The van der Waals surface area contributed by atoms with E-state index >= 15 is 0 Å². The van der Waals surface area contributed by atoms with Gasteiger partial charge in [-0.3, -0.25) is 0 Å². The molecule has 0 unspecified atom stereocenters. The first-order valence-corrected chi connectivity index (χ1v) is 5.96. The molecule has 0 radical (unpaired) electrons. The third kappa shape index (κ3) is 23.0. The zero-order valence-corrected chi connectivity index (χ0v) is 10.5. The van der Waals surface area contributed by atoms with Crippen LogP contribution in [0.15, 0.2) is 0 Å². The highest BCUT2D eigenvalue weighted by Gasteiger charge is 1.86. The monoisotopic (exact) mass is 227 g/mol. The molecule has 0 aliphatic carbocycles. The van der Waals surface area contributed by atoms with Gasteiger partial charge in [-0.25, -0.2) is 0 Å². The van der Waals surface area contributed by atoms with Gasteiger partial charge in [0.05, 0.1) is 0 Å². The number of hydrogen-bond donors (Lipinski definition) is 0. The number of terminal acetylenes is 1. The summed E-state index contributed by atoms with van der Waals surface area (Å²) in [6, 6.07) is 0. The molecule has 0 aliphatic rings. The lowest BCUT2D eigenvalue weighted by Crippen LogP contribution is -2.23. The topological polar surface area (TPSA) is 49.4 Å². The highest BCUT2D eigenvalue weighted by molar-refractivity contribution is 5.53. The Morgan fingerprint density at radius 2 is 1.75 bits per heavy atom. The first-order chi connectivity index (χ1) is 7.68. The largest absolute Gasteiger partial charge is 0.550 e. The normalized spacial score (nSPS) is 8.56. The summed E-state index contributed by atoms with van der Waals surface area (Å²) in [7, 11) is 0. The summed E-state index contributed by atoms with van der Waals surface area (Å²) in [4.78, 5) is 9.27. The van der Waals surface area contributed by atoms with Crippen LogP contribution in [0.25, 0.3) is 0 Å². The SMILES string of the molecule is C#CCCCCCCCC.CCOC(=O)[O-]. The van der Waals surface area contributed by atoms with Crippen LogP contribution in [0, 0.1) is 12.3 Å². The van der Waals surface area contributed by atoms with Crippen molar-refractivity contribution in [2.75, 3.05) is 6.61 Å². The molecule has 0 saturated carbocycles. The minimum atomic E-state index is -1.46. The maximum Gasteiger partial charge on any atom is 0.251 e. The fourth-order valence-electron chi connectivity index (χ4n) is 1.13. The zero-order valence-electron chi connectivity index (χ0n) is 10.5. The van der Waals surface area contributed by atoms with Crippen LogP contribution in [0.2, 0.25) is 0 Å². The maximum atomic E-state index is 9.27. The van der Waals surface area contributed by atoms with E-state index in [1.807, 2.05) is 0 Å². The summed E-state index contributed by atoms with van der Waals surface area (Å²) in [5.41, 5.74) is 0. The molecule has 3 nitrogen and oxygen atoms in total. The Kier molecular flexibility index (Phi) is 17.5. The summed E-state index contributed by atoms with van der Waals surface area (Å²) in [5, 5.41) is 9.27. The van der Waals surface area contributed by atoms with Crippen LogP contribution in [-0.2, 0) is 4.74 Å². The van der Waals surface area contributed by atoms with Crippen molar-refractivity contribution in [3.8, 4) is 12.3 Å². The van der Waals surface area contributed by atoms with Crippen molar-refractivity contribution < 1.29 is 14.6 Å². The first-order valence-electron chi connectivity index (χ1n) is 5.96. The lowest BCUT2D eigenvalue weighted by Gasteiger charge is -1.99. The van der Waals surface area contributed by atoms with Crippen LogP contribution in [-0.4, -0.2) is 12.8 Å². The number of carbonyl (C=O) groups is 1. The van der Waals surface area contributed by atoms with Crippen LogP contribution in [0.3, 0.4) is 0 Å². The van der Waals surface area contributed by atoms with Gasteiger partial charge in [0.15, 0.2) is 0 Å². The molecule has 16 heavy (non-hydrogen) atoms. The minimum absolute atomic E-state index is 0.169. The molecule has 0 aromatic carbocycles. The fraction of sp³-hybridized carbons (Fsp3) is 0.769. The molecular formula is C13H23O3-. The number of hydrogen-bond acceptors (Lipinski definition) is 3. The standard InChI is InChI=1S/C10H18.C3H6O3/c1-3-5-7-9-10-8-6-4-2;1-2-6-3(4)5/h1H,4-10H2,2H3;2H2,1H3,(H,4,5)/p-1. The Labute approximate surface area is 99.2 Å². The number of carboxylic acid groups (broad SMARTS) is 1. The molecule has 0 N–H and O–H groups in total. The summed E-state index contributed by atoms with van der Waals surface area (Å²) in [6.07, 6.45) is 12.6. The van der Waals surface area contributed by atoms with Gasteiger partial charge < -0.3 is 14.6 Å². The van der Waals surface area contributed by atoms with Crippen LogP contribution in [0.1, 0.15) is 58.8 Å². The van der Waals surface area contributed by atoms with Gasteiger partial charge in [-0.1, -0.05) is 39.0 Å². The van der Waals surface area contributed by atoms with E-state index in [4.69, 9.17) is 6.42 Å². The van der Waals surface area contributed by atoms with Gasteiger partial charge in [0.2, 0.25) is 0 Å². The fourth-order valence-corrected chi connectivity index (χ4v) is 1.13. The highest BCUT2D eigenvalue weighted by atomic mass is 16.7. The van der Waals surface area contributed by atoms with Crippen LogP contribution in [0.5, 0.6) is 0 Å². The van der Waals surface area contributed by atoms with Crippen molar-refractivity contribution in [2.45, 2.75) is 58.8 Å². The molecule has 0 spiro atoms. The number of carbonyl (C=O) groups excluding carboxylic acids is 1. The molecule has 0 aliphatic heterocycles. The van der Waals surface area contributed by atoms with Crippen LogP contribution >= 0.6 is 0 Å². The van der Waals surface area contributed by atoms with Gasteiger partial charge >= 0.3 is 0 Å². The van der Waals surface area contributed by atoms with E-state index in [0.29, 0.717) is 0 Å². The van der Waals surface area contributed by atoms with Crippen molar-refractivity contribution in [3.63, 3.8) is 0 Å². The lowest BCUT2D eigenvalue weighted by atomic mass is 10.1. The van der Waals surface area contributed by atoms with E-state index in [9.17, 15) is 9.90 Å². The van der Waals surface area contributed by atoms with Crippen molar-refractivity contribution in [3.05, 3.63) is 0 Å². The molecular weight excluding hydrogens is 204 g/mol. The summed E-state index contributed by atoms with van der Waals surface area (Å²) in [6.45, 7) is 3.99. The minimum Gasteiger partial charge on any atom is -0.550 e. The van der Waals surface area contributed by atoms with E-state index in [1.165, 1.54) is 38.5 Å². The van der Waals surface area contributed by atoms with Gasteiger partial charge in [0.25, 0.3) is 6.16 Å². The lowest BCUT2D eigenvalue weighted by molar-refractivity contribution is -0.282. The predicted molar refractivity (Wildman–Crippen MR) is 63.8 cm³/mol. The van der Waals surface area contributed by atoms with Crippen molar-refractivity contribution >= 4 is 6.16 Å². The van der Waals surface area contributed by atoms with Crippen molar-refractivity contribution in [1.82, 2.24) is 0 Å². The Morgan fingerprint density at radius 3 is 2.12 bits per heavy atom. The number of unbranched alkanes of at least 4 members (excludes halogenated alkanes) is 6. The summed E-state index contributed by atoms with van der Waals surface area (Å²) < 4.78 is 3.85. The first kappa shape index (κ1) is 17.2. The molecule has 3 heteroatoms. The van der Waals surface area contributed by atoms with E-state index in [0.717, 1.165) is 6.42 Å². The van der Waals surface area contributed by atoms with Crippen LogP contribution < -0.4 is 5.11 Å². The quantitative estimate of drug-likeness (QED) is 0.382. The zero-order chi connectivity index (χ0) is 12.6. The second-order valence-corrected chi connectivity index (χ2v) is 3.40. The molecule has 0 aromatic rings. The molecule has 0 bridgehead atoms. The van der Waals surface area contributed by atoms with Crippen LogP contribution in [0.4, 0.5) is 4.79 Å².